The molecule has 0 aromatic rings. The summed E-state index contributed by atoms with van der Waals surface area (Å²) in [6.07, 6.45) is 43.7. The summed E-state index contributed by atoms with van der Waals surface area (Å²) in [7, 11) is 0. The van der Waals surface area contributed by atoms with E-state index in [9.17, 15) is 9.59 Å². The van der Waals surface area contributed by atoms with E-state index in [0.29, 0.717) is 12.8 Å². The molecule has 0 aromatic carbocycles. The highest BCUT2D eigenvalue weighted by molar-refractivity contribution is 5.69. The molecule has 4 heteroatoms. The van der Waals surface area contributed by atoms with Crippen molar-refractivity contribution in [1.29, 1.82) is 0 Å². The highest BCUT2D eigenvalue weighted by Crippen LogP contribution is 2.19. The van der Waals surface area contributed by atoms with Gasteiger partial charge in [-0.15, -0.1) is 0 Å². The minimum atomic E-state index is -0.722. The number of hydrogen-bond acceptors (Lipinski definition) is 3. The zero-order valence-corrected chi connectivity index (χ0v) is 29.7. The normalized spacial score (nSPS) is 12.2. The second-order valence-corrected chi connectivity index (χ2v) is 13.5. The fourth-order valence-corrected chi connectivity index (χ4v) is 6.06. The predicted octanol–water partition coefficient (Wildman–Crippen LogP) is 13.5. The molecule has 1 unspecified atom stereocenters. The molecule has 0 saturated heterocycles. The lowest BCUT2D eigenvalue weighted by molar-refractivity contribution is -0.150. The van der Waals surface area contributed by atoms with Gasteiger partial charge in [-0.05, 0) is 64.2 Å². The second kappa shape index (κ2) is 36.2. The molecule has 1 atom stereocenters. The van der Waals surface area contributed by atoms with Crippen molar-refractivity contribution in [2.75, 3.05) is 0 Å². The zero-order chi connectivity index (χ0) is 32.2. The van der Waals surface area contributed by atoms with E-state index in [2.05, 4.69) is 26.0 Å². The van der Waals surface area contributed by atoms with Crippen molar-refractivity contribution in [3.05, 3.63) is 12.2 Å². The number of carboxylic acids is 1. The van der Waals surface area contributed by atoms with Crippen LogP contribution in [0.15, 0.2) is 12.2 Å². The summed E-state index contributed by atoms with van der Waals surface area (Å²) < 4.78 is 5.94. The van der Waals surface area contributed by atoms with Gasteiger partial charge >= 0.3 is 11.9 Å². The first-order valence-corrected chi connectivity index (χ1v) is 19.7. The standard InChI is InChI=1S/C40H76O4/c1-3-5-7-9-11-13-15-16-17-18-19-20-22-24-26-28-33-37-40(43)44-38(35-31-29-32-36-39(41)42)34-30-27-25-23-21-14-12-10-8-6-4-2/h16-17,38H,3-15,18-37H2,1-2H3,(H,41,42)/b17-16-. The van der Waals surface area contributed by atoms with Gasteiger partial charge in [0.05, 0.1) is 0 Å². The number of hydrogen-bond donors (Lipinski definition) is 1. The number of carbonyl (C=O) groups excluding carboxylic acids is 1. The molecule has 0 spiro atoms. The maximum Gasteiger partial charge on any atom is 0.306 e. The van der Waals surface area contributed by atoms with Crippen LogP contribution in [-0.2, 0) is 14.3 Å². The fraction of sp³-hybridized carbons (Fsp3) is 0.900. The highest BCUT2D eigenvalue weighted by Gasteiger charge is 2.14. The Labute approximate surface area is 275 Å². The van der Waals surface area contributed by atoms with Gasteiger partial charge in [0.1, 0.15) is 6.10 Å². The van der Waals surface area contributed by atoms with Gasteiger partial charge in [0.15, 0.2) is 0 Å². The molecule has 0 aliphatic heterocycles. The topological polar surface area (TPSA) is 63.6 Å². The smallest absolute Gasteiger partial charge is 0.306 e. The van der Waals surface area contributed by atoms with E-state index in [4.69, 9.17) is 9.84 Å². The average molecular weight is 621 g/mol. The van der Waals surface area contributed by atoms with Crippen LogP contribution in [0.5, 0.6) is 0 Å². The number of aliphatic carboxylic acids is 1. The highest BCUT2D eigenvalue weighted by atomic mass is 16.5. The Morgan fingerprint density at radius 1 is 0.477 bits per heavy atom. The Morgan fingerprint density at radius 3 is 1.25 bits per heavy atom. The van der Waals surface area contributed by atoms with Gasteiger partial charge in [0, 0.05) is 12.8 Å². The van der Waals surface area contributed by atoms with E-state index in [0.717, 1.165) is 44.9 Å². The van der Waals surface area contributed by atoms with Crippen molar-refractivity contribution in [3.8, 4) is 0 Å². The molecule has 44 heavy (non-hydrogen) atoms. The summed E-state index contributed by atoms with van der Waals surface area (Å²) >= 11 is 0. The minimum absolute atomic E-state index is 0.00531. The zero-order valence-electron chi connectivity index (χ0n) is 29.7. The number of unbranched alkanes of at least 4 members (excludes halogenated alkanes) is 25. The summed E-state index contributed by atoms with van der Waals surface area (Å²) in [6.45, 7) is 4.54. The fourth-order valence-electron chi connectivity index (χ4n) is 6.06. The second-order valence-electron chi connectivity index (χ2n) is 13.5. The largest absolute Gasteiger partial charge is 0.481 e. The first-order chi connectivity index (χ1) is 21.6. The first-order valence-electron chi connectivity index (χ1n) is 19.7. The third-order valence-corrected chi connectivity index (χ3v) is 8.99. The number of ether oxygens (including phenoxy) is 1. The SMILES string of the molecule is CCCCCCCC/C=C\CCCCCCCCCC(=O)OC(CCCCCCCCCCCCC)CCCCCC(=O)O. The van der Waals surface area contributed by atoms with E-state index < -0.39 is 5.97 Å². The minimum Gasteiger partial charge on any atom is -0.481 e. The Hall–Kier alpha value is -1.32. The number of allylic oxidation sites excluding steroid dienone is 2. The maximum atomic E-state index is 12.6. The van der Waals surface area contributed by atoms with Crippen molar-refractivity contribution in [2.24, 2.45) is 0 Å². The summed E-state index contributed by atoms with van der Waals surface area (Å²) in [5, 5.41) is 8.88. The van der Waals surface area contributed by atoms with Crippen molar-refractivity contribution in [2.45, 2.75) is 232 Å². The van der Waals surface area contributed by atoms with Crippen molar-refractivity contribution < 1.29 is 19.4 Å². The molecule has 0 heterocycles. The predicted molar refractivity (Wildman–Crippen MR) is 190 cm³/mol. The molecule has 0 amide bonds. The van der Waals surface area contributed by atoms with Gasteiger partial charge in [-0.1, -0.05) is 161 Å². The Bertz CT molecular complexity index is 629. The molecule has 0 radical (unpaired) electrons. The van der Waals surface area contributed by atoms with Crippen LogP contribution >= 0.6 is 0 Å². The summed E-state index contributed by atoms with van der Waals surface area (Å²) in [5.74, 6) is -0.753. The van der Waals surface area contributed by atoms with Crippen LogP contribution in [-0.4, -0.2) is 23.1 Å². The number of rotatable bonds is 36. The molecule has 1 N–H and O–H groups in total. The summed E-state index contributed by atoms with van der Waals surface area (Å²) in [5.41, 5.74) is 0. The lowest BCUT2D eigenvalue weighted by Crippen LogP contribution is -2.18. The Morgan fingerprint density at radius 2 is 0.818 bits per heavy atom. The third-order valence-electron chi connectivity index (χ3n) is 8.99. The number of carboxylic acid groups (broad SMARTS) is 1. The molecule has 0 rings (SSSR count). The Kier molecular flexibility index (Phi) is 35.1. The van der Waals surface area contributed by atoms with Gasteiger partial charge < -0.3 is 9.84 Å². The van der Waals surface area contributed by atoms with Crippen LogP contribution in [0.2, 0.25) is 0 Å². The Balaban J connectivity index is 3.89. The molecule has 0 aliphatic rings. The van der Waals surface area contributed by atoms with Gasteiger partial charge in [0.2, 0.25) is 0 Å². The lowest BCUT2D eigenvalue weighted by Gasteiger charge is -2.18. The summed E-state index contributed by atoms with van der Waals surface area (Å²) in [4.78, 5) is 23.4. The molecular weight excluding hydrogens is 544 g/mol. The van der Waals surface area contributed by atoms with E-state index >= 15 is 0 Å². The van der Waals surface area contributed by atoms with Crippen LogP contribution in [0.3, 0.4) is 0 Å². The molecule has 0 aromatic heterocycles. The van der Waals surface area contributed by atoms with Gasteiger partial charge in [-0.2, -0.15) is 0 Å². The van der Waals surface area contributed by atoms with Crippen LogP contribution < -0.4 is 0 Å². The molecule has 0 aliphatic carbocycles. The maximum absolute atomic E-state index is 12.6. The molecule has 0 saturated carbocycles. The monoisotopic (exact) mass is 621 g/mol. The molecule has 0 fully saturated rings. The third kappa shape index (κ3) is 35.2. The average Bonchev–Trinajstić information content (AvgIpc) is 3.00. The van der Waals surface area contributed by atoms with Gasteiger partial charge in [-0.25, -0.2) is 0 Å². The van der Waals surface area contributed by atoms with Crippen molar-refractivity contribution in [1.82, 2.24) is 0 Å². The molecule has 260 valence electrons. The van der Waals surface area contributed by atoms with Crippen molar-refractivity contribution in [3.63, 3.8) is 0 Å². The molecule has 0 bridgehead atoms. The van der Waals surface area contributed by atoms with E-state index in [1.54, 1.807) is 0 Å². The molecular formula is C40H76O4. The summed E-state index contributed by atoms with van der Waals surface area (Å²) in [6, 6.07) is 0. The van der Waals surface area contributed by atoms with Gasteiger partial charge in [-0.3, -0.25) is 9.59 Å². The van der Waals surface area contributed by atoms with Crippen LogP contribution in [0.1, 0.15) is 226 Å². The number of carbonyl (C=O) groups is 2. The van der Waals surface area contributed by atoms with Gasteiger partial charge in [0.25, 0.3) is 0 Å². The first kappa shape index (κ1) is 42.7. The quantitative estimate of drug-likeness (QED) is 0.0430. The van der Waals surface area contributed by atoms with Crippen LogP contribution in [0, 0.1) is 0 Å². The lowest BCUT2D eigenvalue weighted by atomic mass is 10.0. The van der Waals surface area contributed by atoms with Crippen molar-refractivity contribution >= 4 is 11.9 Å². The van der Waals surface area contributed by atoms with E-state index in [1.165, 1.54) is 148 Å². The van der Waals surface area contributed by atoms with E-state index in [-0.39, 0.29) is 18.5 Å². The molecule has 4 nitrogen and oxygen atoms in total. The van der Waals surface area contributed by atoms with E-state index in [1.807, 2.05) is 0 Å². The van der Waals surface area contributed by atoms with Crippen LogP contribution in [0.4, 0.5) is 0 Å². The number of esters is 1. The van der Waals surface area contributed by atoms with Crippen LogP contribution in [0.25, 0.3) is 0 Å².